The summed E-state index contributed by atoms with van der Waals surface area (Å²) in [5.74, 6) is -5.72. The second kappa shape index (κ2) is 22.1. The van der Waals surface area contributed by atoms with Crippen LogP contribution in [0.3, 0.4) is 0 Å². The summed E-state index contributed by atoms with van der Waals surface area (Å²) in [7, 11) is 0. The van der Waals surface area contributed by atoms with Crippen molar-refractivity contribution >= 4 is 35.8 Å². The highest BCUT2D eigenvalue weighted by molar-refractivity contribution is 5.82. The Labute approximate surface area is 218 Å². The molecule has 38 heavy (non-hydrogen) atoms. The number of amides is 1. The molecule has 17 heteroatoms. The largest absolute Gasteiger partial charge is 0.481 e. The molecule has 0 saturated heterocycles. The molecule has 1 aromatic rings. The lowest BCUT2D eigenvalue weighted by Crippen LogP contribution is -2.39. The summed E-state index contributed by atoms with van der Waals surface area (Å²) in [6.07, 6.45) is 5.10. The summed E-state index contributed by atoms with van der Waals surface area (Å²) < 4.78 is 0. The Hall–Kier alpha value is -4.09. The Kier molecular flexibility index (Phi) is 22.4. The molecule has 1 heterocycles. The lowest BCUT2D eigenvalue weighted by atomic mass is 10.1. The molecule has 17 nitrogen and oxygen atoms in total. The first-order chi connectivity index (χ1) is 17.5. The van der Waals surface area contributed by atoms with Crippen molar-refractivity contribution in [1.82, 2.24) is 15.3 Å². The summed E-state index contributed by atoms with van der Waals surface area (Å²) in [5, 5.41) is 43.3. The first-order valence-corrected chi connectivity index (χ1v) is 11.1. The molecule has 0 radical (unpaired) electrons. The number of nitrogens with zero attached hydrogens (tertiary/aromatic N) is 1. The number of carboxylic acid groups (broad SMARTS) is 5. The van der Waals surface area contributed by atoms with Gasteiger partial charge in [0.2, 0.25) is 5.91 Å². The van der Waals surface area contributed by atoms with Crippen molar-refractivity contribution in [2.45, 2.75) is 77.0 Å². The third-order valence-electron chi connectivity index (χ3n) is 3.92. The van der Waals surface area contributed by atoms with Gasteiger partial charge in [0.15, 0.2) is 0 Å². The minimum atomic E-state index is -1.29. The smallest absolute Gasteiger partial charge is 0.326 e. The minimum absolute atomic E-state index is 0.263. The van der Waals surface area contributed by atoms with Gasteiger partial charge in [-0.25, -0.2) is 9.78 Å². The van der Waals surface area contributed by atoms with Gasteiger partial charge in [-0.05, 0) is 13.3 Å². The average molecular weight is 551 g/mol. The van der Waals surface area contributed by atoms with E-state index >= 15 is 0 Å². The van der Waals surface area contributed by atoms with Crippen LogP contribution in [0, 0.1) is 0 Å². The molecule has 0 bridgehead atoms. The Bertz CT molecular complexity index is 862. The van der Waals surface area contributed by atoms with Crippen LogP contribution in [0.1, 0.15) is 52.1 Å². The zero-order valence-electron chi connectivity index (χ0n) is 21.4. The fourth-order valence-corrected chi connectivity index (χ4v) is 1.90. The highest BCUT2D eigenvalue weighted by Gasteiger charge is 2.17. The number of H-pyrrole nitrogens is 1. The van der Waals surface area contributed by atoms with Crippen LogP contribution in [-0.2, 0) is 35.2 Å². The summed E-state index contributed by atoms with van der Waals surface area (Å²) in [6, 6.07) is -3.60. The summed E-state index contributed by atoms with van der Waals surface area (Å²) in [4.78, 5) is 67.1. The van der Waals surface area contributed by atoms with Crippen molar-refractivity contribution in [3.05, 3.63) is 18.2 Å². The average Bonchev–Trinajstić information content (AvgIpc) is 3.30. The van der Waals surface area contributed by atoms with Crippen LogP contribution >= 0.6 is 0 Å². The van der Waals surface area contributed by atoms with Crippen LogP contribution < -0.4 is 22.5 Å². The molecule has 13 N–H and O–H groups in total. The van der Waals surface area contributed by atoms with Crippen LogP contribution in [0.5, 0.6) is 0 Å². The monoisotopic (exact) mass is 550 g/mol. The van der Waals surface area contributed by atoms with Gasteiger partial charge in [-0.1, -0.05) is 19.8 Å². The normalized spacial score (nSPS) is 12.7. The molecule has 0 aliphatic rings. The number of hydrogen-bond acceptors (Lipinski definition) is 10. The maximum absolute atomic E-state index is 10.5. The third kappa shape index (κ3) is 25.0. The number of aromatic nitrogens is 2. The number of rotatable bonds is 12. The van der Waals surface area contributed by atoms with Crippen molar-refractivity contribution in [3.63, 3.8) is 0 Å². The van der Waals surface area contributed by atoms with Gasteiger partial charge in [-0.2, -0.15) is 0 Å². The van der Waals surface area contributed by atoms with Gasteiger partial charge < -0.3 is 53.0 Å². The van der Waals surface area contributed by atoms with E-state index in [1.165, 1.54) is 20.2 Å². The zero-order valence-corrected chi connectivity index (χ0v) is 21.4. The number of aliphatic carboxylic acids is 5. The predicted octanol–water partition coefficient (Wildman–Crippen LogP) is -1.58. The van der Waals surface area contributed by atoms with Gasteiger partial charge in [-0.15, -0.1) is 0 Å². The Morgan fingerprint density at radius 1 is 0.921 bits per heavy atom. The van der Waals surface area contributed by atoms with Gasteiger partial charge >= 0.3 is 29.8 Å². The van der Waals surface area contributed by atoms with E-state index in [9.17, 15) is 28.8 Å². The van der Waals surface area contributed by atoms with E-state index in [2.05, 4.69) is 15.3 Å². The molecular formula is C21H38N6O11. The Morgan fingerprint density at radius 3 is 1.68 bits per heavy atom. The van der Waals surface area contributed by atoms with Crippen molar-refractivity contribution in [2.75, 3.05) is 0 Å². The second-order valence-corrected chi connectivity index (χ2v) is 7.61. The van der Waals surface area contributed by atoms with E-state index < -0.39 is 60.4 Å². The fraction of sp³-hybridized carbons (Fsp3) is 0.571. The van der Waals surface area contributed by atoms with E-state index in [0.29, 0.717) is 12.1 Å². The molecule has 0 aromatic carbocycles. The third-order valence-corrected chi connectivity index (χ3v) is 3.92. The lowest BCUT2D eigenvalue weighted by molar-refractivity contribution is -0.144. The first-order valence-electron chi connectivity index (χ1n) is 11.1. The van der Waals surface area contributed by atoms with E-state index in [0.717, 1.165) is 12.8 Å². The standard InChI is InChI=1S/C8H15NO3.C6H9N3O2.C4H7NO4.C3H7NO2/c1-3-4-5-7(8(11)12)9-6(2)10;7-5(6(10)11)1-4-2-8-3-9-4;5-2(4(8)9)1-3(6)7;1-2(4)3(5)6/h7H,3-5H2,1-2H3,(H,9,10)(H,11,12);2-3,5H,1,7H2,(H,8,9)(H,10,11);2H,1,5H2,(H,6,7)(H,8,9);2H,4H2,1H3,(H,5,6). The molecule has 0 aliphatic heterocycles. The van der Waals surface area contributed by atoms with E-state index in [4.69, 9.17) is 42.7 Å². The molecule has 0 spiro atoms. The number of nitrogens with two attached hydrogens (primary N) is 3. The first kappa shape index (κ1) is 38.4. The molecule has 1 rings (SSSR count). The number of unbranched alkanes of at least 4 members (excludes halogenated alkanes) is 1. The SMILES string of the molecule is CC(N)C(=O)O.CCCCC(NC(C)=O)C(=O)O.NC(CC(=O)O)C(=O)O.NC(Cc1c[nH]cn1)C(=O)O. The van der Waals surface area contributed by atoms with E-state index in [1.54, 1.807) is 6.20 Å². The number of carbonyl (C=O) groups is 6. The van der Waals surface area contributed by atoms with Crippen LogP contribution in [0.25, 0.3) is 0 Å². The minimum Gasteiger partial charge on any atom is -0.481 e. The molecule has 0 fully saturated rings. The quantitative estimate of drug-likeness (QED) is 0.140. The number of carboxylic acids is 5. The molecule has 218 valence electrons. The molecular weight excluding hydrogens is 512 g/mol. The molecule has 0 aliphatic carbocycles. The molecule has 4 atom stereocenters. The van der Waals surface area contributed by atoms with Crippen LogP contribution in [0.2, 0.25) is 0 Å². The van der Waals surface area contributed by atoms with Crippen molar-refractivity contribution in [2.24, 2.45) is 17.2 Å². The number of hydrogen-bond donors (Lipinski definition) is 10. The molecule has 1 amide bonds. The highest BCUT2D eigenvalue weighted by atomic mass is 16.4. The van der Waals surface area contributed by atoms with Gasteiger partial charge in [0, 0.05) is 19.5 Å². The second-order valence-electron chi connectivity index (χ2n) is 7.61. The van der Waals surface area contributed by atoms with Crippen LogP contribution in [-0.4, -0.2) is 95.4 Å². The zero-order chi connectivity index (χ0) is 30.4. The molecule has 1 aromatic heterocycles. The van der Waals surface area contributed by atoms with Crippen LogP contribution in [0.4, 0.5) is 0 Å². The van der Waals surface area contributed by atoms with Crippen molar-refractivity contribution < 1.29 is 54.3 Å². The van der Waals surface area contributed by atoms with Crippen molar-refractivity contribution in [3.8, 4) is 0 Å². The Balaban J connectivity index is -0.000000442. The maximum atomic E-state index is 10.5. The van der Waals surface area contributed by atoms with Crippen LogP contribution in [0.15, 0.2) is 12.5 Å². The number of carbonyl (C=O) groups excluding carboxylic acids is 1. The lowest BCUT2D eigenvalue weighted by Gasteiger charge is -2.11. The van der Waals surface area contributed by atoms with Gasteiger partial charge in [0.25, 0.3) is 0 Å². The fourth-order valence-electron chi connectivity index (χ4n) is 1.90. The van der Waals surface area contributed by atoms with Gasteiger partial charge in [0.05, 0.1) is 18.4 Å². The van der Waals surface area contributed by atoms with Crippen molar-refractivity contribution in [1.29, 1.82) is 0 Å². The van der Waals surface area contributed by atoms with Gasteiger partial charge in [0.1, 0.15) is 24.2 Å². The Morgan fingerprint density at radius 2 is 1.42 bits per heavy atom. The molecule has 0 saturated carbocycles. The molecule has 4 unspecified atom stereocenters. The maximum Gasteiger partial charge on any atom is 0.326 e. The predicted molar refractivity (Wildman–Crippen MR) is 132 cm³/mol. The van der Waals surface area contributed by atoms with E-state index in [1.807, 2.05) is 6.92 Å². The van der Waals surface area contributed by atoms with E-state index in [-0.39, 0.29) is 12.3 Å². The summed E-state index contributed by atoms with van der Waals surface area (Å²) in [6.45, 7) is 4.72. The number of imidazole rings is 1. The highest BCUT2D eigenvalue weighted by Crippen LogP contribution is 2.00. The topological polar surface area (TPSA) is 322 Å². The summed E-state index contributed by atoms with van der Waals surface area (Å²) >= 11 is 0. The number of aromatic amines is 1. The number of nitrogens with one attached hydrogen (secondary N) is 2. The summed E-state index contributed by atoms with van der Waals surface area (Å²) in [5.41, 5.74) is 15.6. The van der Waals surface area contributed by atoms with Gasteiger partial charge in [-0.3, -0.25) is 24.0 Å².